The fourth-order valence-corrected chi connectivity index (χ4v) is 10.9. The number of carbonyl (C=O) groups is 2. The lowest BCUT2D eigenvalue weighted by atomic mass is 9.83. The highest BCUT2D eigenvalue weighted by atomic mass is 31.3. The van der Waals surface area contributed by atoms with Gasteiger partial charge in [-0.05, 0) is 74.7 Å². The molecule has 25 nitrogen and oxygen atoms in total. The van der Waals surface area contributed by atoms with E-state index in [0.29, 0.717) is 40.3 Å². The Labute approximate surface area is 415 Å². The monoisotopic (exact) mass is 1070 g/mol. The highest BCUT2D eigenvalue weighted by Crippen LogP contribution is 2.66. The Morgan fingerprint density at radius 1 is 1.00 bits per heavy atom. The number of phosphoric acid groups is 3. The molecule has 0 bridgehead atoms. The number of fused-ring (bicyclic) bond motifs is 2. The number of aliphatic hydroxyl groups excluding tert-OH is 1. The maximum absolute atomic E-state index is 13.7. The normalized spacial score (nSPS) is 19.9. The van der Waals surface area contributed by atoms with Crippen LogP contribution in [0.3, 0.4) is 0 Å². The Kier molecular flexibility index (Phi) is 16.8. The van der Waals surface area contributed by atoms with Gasteiger partial charge in [-0.2, -0.15) is 13.6 Å². The molecule has 3 aromatic carbocycles. The van der Waals surface area contributed by atoms with Crippen LogP contribution < -0.4 is 21.1 Å². The number of carboxylic acids is 1. The van der Waals surface area contributed by atoms with Crippen LogP contribution >= 0.6 is 23.5 Å². The summed E-state index contributed by atoms with van der Waals surface area (Å²) in [5.74, 6) is 5.35. The van der Waals surface area contributed by atoms with Gasteiger partial charge in [0.05, 0.1) is 23.2 Å². The number of allylic oxidation sites excluding steroid dienone is 1. The van der Waals surface area contributed by atoms with Crippen molar-refractivity contribution in [1.29, 1.82) is 0 Å². The molecule has 0 spiro atoms. The van der Waals surface area contributed by atoms with Gasteiger partial charge in [-0.1, -0.05) is 42.2 Å². The van der Waals surface area contributed by atoms with Crippen molar-refractivity contribution in [3.05, 3.63) is 156 Å². The third-order valence-corrected chi connectivity index (χ3v) is 15.1. The molecule has 28 heteroatoms. The van der Waals surface area contributed by atoms with Crippen LogP contribution in [0.2, 0.25) is 0 Å². The minimum atomic E-state index is -5.79. The number of hydrogen-bond acceptors (Lipinski definition) is 18. The van der Waals surface area contributed by atoms with E-state index in [0.717, 1.165) is 10.1 Å². The number of hydrogen-bond donors (Lipinski definition) is 8. The zero-order valence-electron chi connectivity index (χ0n) is 38.8. The second-order valence-corrected chi connectivity index (χ2v) is 21.1. The molecule has 3 aliphatic rings. The molecule has 0 amide bonds. The molecule has 4 unspecified atom stereocenters. The minimum absolute atomic E-state index is 0.00388. The lowest BCUT2D eigenvalue weighted by Crippen LogP contribution is -2.28. The number of aliphatic hydroxyl groups is 1. The highest BCUT2D eigenvalue weighted by Gasteiger charge is 2.43. The van der Waals surface area contributed by atoms with Crippen LogP contribution in [0.5, 0.6) is 5.75 Å². The van der Waals surface area contributed by atoms with E-state index in [1.165, 1.54) is 42.6 Å². The lowest BCUT2D eigenvalue weighted by Gasteiger charge is -2.30. The van der Waals surface area contributed by atoms with Crippen molar-refractivity contribution in [2.75, 3.05) is 33.1 Å². The number of carbonyl (C=O) groups excluding carboxylic acids is 1. The standard InChI is InChI=1S/C45H47N6O19P3/c1-46-23-27-9-13-32-38(19-27)67-39-21-30(49(2)3)12-15-33(39)43(32)34-20-28(11-14-31(34)44(54)55)36(52)7-5-4-6-26-8-10-29(35(18-26)51(57)58)24-47-41-16-17-50(45(56)48-41)42-22-37(53)40(68-42)25-66-72(62,63)70-73(64,65)69-71(59,60)61/h8-21,30,37,40,42,46,53H,5,7,22-25H2,1-3H3,(H,54,55)(H,62,63)(H,64,65)(H,47,48,56)(H2,59,60,61)/t30?,37?,40-,42-/m1/s1. The first kappa shape index (κ1) is 54.5. The molecule has 1 aromatic heterocycles. The van der Waals surface area contributed by atoms with Crippen molar-refractivity contribution in [2.24, 2.45) is 0 Å². The number of rotatable bonds is 20. The van der Waals surface area contributed by atoms with Crippen molar-refractivity contribution in [3.8, 4) is 17.6 Å². The first-order chi connectivity index (χ1) is 34.4. The summed E-state index contributed by atoms with van der Waals surface area (Å²) in [4.78, 5) is 93.1. The Morgan fingerprint density at radius 2 is 1.77 bits per heavy atom. The average molecular weight is 1070 g/mol. The lowest BCUT2D eigenvalue weighted by molar-refractivity contribution is -0.385. The maximum Gasteiger partial charge on any atom is 0.490 e. The molecule has 7 rings (SSSR count). The van der Waals surface area contributed by atoms with E-state index in [-0.39, 0.29) is 71.4 Å². The number of Topliss-reactive ketones (excluding diaryl/α,β-unsaturated/α-hetero) is 1. The van der Waals surface area contributed by atoms with Crippen molar-refractivity contribution in [2.45, 2.75) is 56.8 Å². The van der Waals surface area contributed by atoms with Gasteiger partial charge in [0.25, 0.3) is 5.69 Å². The second kappa shape index (κ2) is 22.4. The SMILES string of the molecule is CNCc1ccc2c(c1)OC1=CC(N(C)C)C=CC1=C2c1cc(C(=O)CCC#Cc2ccc(CNc3ccn([C@H]4CC(O)[C@@H](COP(=O)(O)OP(=O)(O)OP(=O)(O)O)O4)c(=O)n3)c([N+](=O)[O-])c2)ccc1C(=O)O. The number of phosphoric ester groups is 1. The number of ether oxygens (including phenoxy) is 2. The van der Waals surface area contributed by atoms with Gasteiger partial charge in [0.1, 0.15) is 29.7 Å². The predicted octanol–water partition coefficient (Wildman–Crippen LogP) is 4.77. The van der Waals surface area contributed by atoms with Crippen molar-refractivity contribution in [1.82, 2.24) is 19.8 Å². The Hall–Kier alpha value is -6.29. The van der Waals surface area contributed by atoms with Crippen molar-refractivity contribution < 1.29 is 80.6 Å². The van der Waals surface area contributed by atoms with Gasteiger partial charge < -0.3 is 49.9 Å². The van der Waals surface area contributed by atoms with Gasteiger partial charge in [0, 0.05) is 84.1 Å². The smallest absolute Gasteiger partial charge is 0.478 e. The van der Waals surface area contributed by atoms with Gasteiger partial charge in [0.2, 0.25) is 0 Å². The molecule has 1 aliphatic carbocycles. The number of nitrogens with zero attached hydrogens (tertiary/aromatic N) is 4. The van der Waals surface area contributed by atoms with E-state index in [1.54, 1.807) is 6.07 Å². The number of nitrogens with one attached hydrogen (secondary N) is 2. The molecular formula is C45H47N6O19P3. The number of nitro benzene ring substituents is 1. The van der Waals surface area contributed by atoms with E-state index < -0.39 is 65.1 Å². The molecule has 2 aliphatic heterocycles. The molecule has 4 aromatic rings. The summed E-state index contributed by atoms with van der Waals surface area (Å²) in [6.07, 6.45) is 2.78. The van der Waals surface area contributed by atoms with E-state index in [9.17, 15) is 58.2 Å². The van der Waals surface area contributed by atoms with E-state index in [2.05, 4.69) is 40.6 Å². The molecule has 386 valence electrons. The fourth-order valence-electron chi connectivity index (χ4n) is 7.90. The van der Waals surface area contributed by atoms with Crippen LogP contribution in [0.4, 0.5) is 11.5 Å². The molecule has 8 N–H and O–H groups in total. The molecule has 73 heavy (non-hydrogen) atoms. The third-order valence-electron chi connectivity index (χ3n) is 11.3. The summed E-state index contributed by atoms with van der Waals surface area (Å²) in [5, 5.41) is 38.9. The summed E-state index contributed by atoms with van der Waals surface area (Å²) < 4.78 is 59.2. The Balaban J connectivity index is 0.990. The topological polar surface area (TPSA) is 358 Å². The van der Waals surface area contributed by atoms with Gasteiger partial charge in [-0.3, -0.25) is 28.9 Å². The third kappa shape index (κ3) is 13.7. The summed E-state index contributed by atoms with van der Waals surface area (Å²) in [6.45, 7) is -0.553. The van der Waals surface area contributed by atoms with E-state index in [4.69, 9.17) is 19.3 Å². The summed E-state index contributed by atoms with van der Waals surface area (Å²) in [7, 11) is -11.2. The molecule has 0 radical (unpaired) electrons. The fraction of sp³-hybridized carbons (Fsp3) is 0.289. The van der Waals surface area contributed by atoms with E-state index >= 15 is 0 Å². The molecule has 6 atom stereocenters. The Bertz CT molecular complexity index is 3230. The quantitative estimate of drug-likeness (QED) is 0.0194. The predicted molar refractivity (Wildman–Crippen MR) is 258 cm³/mol. The van der Waals surface area contributed by atoms with Gasteiger partial charge in [-0.25, -0.2) is 23.3 Å². The second-order valence-electron chi connectivity index (χ2n) is 16.7. The number of aromatic nitrogens is 2. The summed E-state index contributed by atoms with van der Waals surface area (Å²) in [5.41, 5.74) is 2.74. The molecule has 0 saturated carbocycles. The number of benzene rings is 3. The van der Waals surface area contributed by atoms with Crippen LogP contribution in [-0.4, -0.2) is 107 Å². The van der Waals surface area contributed by atoms with Crippen LogP contribution in [0.25, 0.3) is 5.57 Å². The van der Waals surface area contributed by atoms with Gasteiger partial charge in [0.15, 0.2) is 5.78 Å². The minimum Gasteiger partial charge on any atom is -0.478 e. The zero-order valence-corrected chi connectivity index (χ0v) is 41.4. The zero-order chi connectivity index (χ0) is 53.0. The van der Waals surface area contributed by atoms with Crippen LogP contribution in [0.15, 0.2) is 101 Å². The number of carboxylic acid groups (broad SMARTS) is 1. The number of anilines is 1. The molecular weight excluding hydrogens is 1020 g/mol. The molecule has 1 saturated heterocycles. The average Bonchev–Trinajstić information content (AvgIpc) is 3.68. The van der Waals surface area contributed by atoms with Gasteiger partial charge >= 0.3 is 35.1 Å². The molecule has 1 fully saturated rings. The number of likely N-dealkylation sites (N-methyl/N-ethyl adjacent to an activating group) is 1. The first-order valence-electron chi connectivity index (χ1n) is 21.8. The molecule has 3 heterocycles. The van der Waals surface area contributed by atoms with Crippen molar-refractivity contribution in [3.63, 3.8) is 0 Å². The largest absolute Gasteiger partial charge is 0.490 e. The van der Waals surface area contributed by atoms with Crippen LogP contribution in [0, 0.1) is 22.0 Å². The number of aromatic carboxylic acids is 1. The maximum atomic E-state index is 13.7. The van der Waals surface area contributed by atoms with E-state index in [1.807, 2.05) is 62.5 Å². The van der Waals surface area contributed by atoms with Gasteiger partial charge in [-0.15, -0.1) is 0 Å². The van der Waals surface area contributed by atoms with Crippen molar-refractivity contribution >= 4 is 52.3 Å². The summed E-state index contributed by atoms with van der Waals surface area (Å²) in [6, 6.07) is 15.6. The highest BCUT2D eigenvalue weighted by molar-refractivity contribution is 7.66. The van der Waals surface area contributed by atoms with Crippen LogP contribution in [0.1, 0.15) is 74.0 Å². The van der Waals surface area contributed by atoms with Crippen LogP contribution in [-0.2, 0) is 44.7 Å². The first-order valence-corrected chi connectivity index (χ1v) is 26.3. The number of ketones is 1. The Morgan fingerprint density at radius 3 is 2.45 bits per heavy atom. The number of nitro groups is 1. The summed E-state index contributed by atoms with van der Waals surface area (Å²) >= 11 is 0.